The summed E-state index contributed by atoms with van der Waals surface area (Å²) in [6.07, 6.45) is 1.62. The molecule has 20 heavy (non-hydrogen) atoms. The second kappa shape index (κ2) is 7.30. The Hall–Kier alpha value is -0.770. The van der Waals surface area contributed by atoms with Gasteiger partial charge in [0.15, 0.2) is 0 Å². The lowest BCUT2D eigenvalue weighted by atomic mass is 10.1. The Balaban J connectivity index is 1.81. The summed E-state index contributed by atoms with van der Waals surface area (Å²) < 4.78 is 11.6. The Morgan fingerprint density at radius 3 is 2.65 bits per heavy atom. The molecular weight excluding hydrogens is 274 g/mol. The molecule has 3 nitrogen and oxygen atoms in total. The van der Waals surface area contributed by atoms with E-state index in [2.05, 4.69) is 20.8 Å². The molecule has 4 heteroatoms. The number of hydrogen-bond acceptors (Lipinski definition) is 2. The van der Waals surface area contributed by atoms with Crippen molar-refractivity contribution in [1.29, 1.82) is 0 Å². The quantitative estimate of drug-likeness (QED) is 0.898. The molecule has 1 aliphatic heterocycles. The van der Waals surface area contributed by atoms with Gasteiger partial charge in [-0.25, -0.2) is 0 Å². The number of quaternary nitrogens is 1. The highest BCUT2D eigenvalue weighted by Gasteiger charge is 2.25. The number of benzene rings is 1. The van der Waals surface area contributed by atoms with Crippen LogP contribution in [0.2, 0.25) is 5.02 Å². The van der Waals surface area contributed by atoms with Crippen molar-refractivity contribution in [2.24, 2.45) is 0 Å². The van der Waals surface area contributed by atoms with Crippen LogP contribution in [0.15, 0.2) is 18.2 Å². The van der Waals surface area contributed by atoms with Gasteiger partial charge in [-0.15, -0.1) is 0 Å². The third kappa shape index (κ3) is 4.37. The lowest BCUT2D eigenvalue weighted by molar-refractivity contribution is -0.915. The molecule has 0 aromatic heterocycles. The molecular formula is C16H25ClNO2+. The first-order chi connectivity index (χ1) is 9.58. The number of aryl methyl sites for hydroxylation is 1. The van der Waals surface area contributed by atoms with Crippen LogP contribution >= 0.6 is 11.6 Å². The van der Waals surface area contributed by atoms with E-state index < -0.39 is 0 Å². The predicted molar refractivity (Wildman–Crippen MR) is 81.9 cm³/mol. The molecule has 2 rings (SSSR count). The van der Waals surface area contributed by atoms with Gasteiger partial charge in [-0.2, -0.15) is 0 Å². The zero-order valence-corrected chi connectivity index (χ0v) is 13.4. The van der Waals surface area contributed by atoms with Crippen molar-refractivity contribution in [2.45, 2.75) is 39.4 Å². The van der Waals surface area contributed by atoms with Gasteiger partial charge in [-0.1, -0.05) is 18.5 Å². The molecule has 1 aliphatic rings. The normalized spacial score (nSPS) is 26.5. The summed E-state index contributed by atoms with van der Waals surface area (Å²) in [5.74, 6) is 0.917. The van der Waals surface area contributed by atoms with Crippen molar-refractivity contribution in [3.8, 4) is 5.75 Å². The molecule has 1 heterocycles. The van der Waals surface area contributed by atoms with E-state index in [1.54, 1.807) is 4.90 Å². The average molecular weight is 299 g/mol. The monoisotopic (exact) mass is 298 g/mol. The molecule has 0 radical (unpaired) electrons. The van der Waals surface area contributed by atoms with Gasteiger partial charge in [0.25, 0.3) is 0 Å². The van der Waals surface area contributed by atoms with E-state index in [4.69, 9.17) is 21.1 Å². The van der Waals surface area contributed by atoms with E-state index in [9.17, 15) is 0 Å². The van der Waals surface area contributed by atoms with Gasteiger partial charge in [0.1, 0.15) is 44.2 Å². The largest absolute Gasteiger partial charge is 0.488 e. The second-order valence-electron chi connectivity index (χ2n) is 5.62. The van der Waals surface area contributed by atoms with Gasteiger partial charge >= 0.3 is 0 Å². The minimum atomic E-state index is 0.343. The van der Waals surface area contributed by atoms with Gasteiger partial charge in [0, 0.05) is 5.02 Å². The van der Waals surface area contributed by atoms with Crippen LogP contribution in [0.25, 0.3) is 0 Å². The zero-order chi connectivity index (χ0) is 14.5. The topological polar surface area (TPSA) is 22.9 Å². The molecule has 0 saturated carbocycles. The van der Waals surface area contributed by atoms with Crippen LogP contribution in [0.3, 0.4) is 0 Å². The maximum Gasteiger partial charge on any atom is 0.137 e. The molecule has 0 amide bonds. The van der Waals surface area contributed by atoms with Crippen molar-refractivity contribution >= 4 is 11.6 Å². The van der Waals surface area contributed by atoms with Gasteiger partial charge in [-0.05, 0) is 44.0 Å². The van der Waals surface area contributed by atoms with Crippen LogP contribution in [0.5, 0.6) is 5.75 Å². The zero-order valence-electron chi connectivity index (χ0n) is 12.6. The summed E-state index contributed by atoms with van der Waals surface area (Å²) in [5, 5.41) is 0.821. The Morgan fingerprint density at radius 2 is 2.00 bits per heavy atom. The maximum atomic E-state index is 6.11. The smallest absolute Gasteiger partial charge is 0.137 e. The van der Waals surface area contributed by atoms with Crippen LogP contribution in [-0.4, -0.2) is 38.4 Å². The van der Waals surface area contributed by atoms with Crippen LogP contribution in [0.1, 0.15) is 26.3 Å². The fourth-order valence-corrected chi connectivity index (χ4v) is 3.07. The fraction of sp³-hybridized carbons (Fsp3) is 0.625. The summed E-state index contributed by atoms with van der Waals surface area (Å²) in [4.78, 5) is 1.56. The summed E-state index contributed by atoms with van der Waals surface area (Å²) in [6, 6.07) is 5.91. The van der Waals surface area contributed by atoms with E-state index in [1.807, 2.05) is 18.2 Å². The Labute approximate surface area is 126 Å². The molecule has 2 atom stereocenters. The third-order valence-corrected chi connectivity index (χ3v) is 4.11. The Morgan fingerprint density at radius 1 is 1.30 bits per heavy atom. The number of rotatable bonds is 5. The number of nitrogens with one attached hydrogen (secondary N) is 1. The number of halogens is 1. The first kappa shape index (κ1) is 15.6. The van der Waals surface area contributed by atoms with Crippen LogP contribution < -0.4 is 9.64 Å². The van der Waals surface area contributed by atoms with E-state index in [1.165, 1.54) is 0 Å². The van der Waals surface area contributed by atoms with Gasteiger partial charge in [0.2, 0.25) is 0 Å². The van der Waals surface area contributed by atoms with Gasteiger partial charge < -0.3 is 14.4 Å². The minimum Gasteiger partial charge on any atom is -0.488 e. The van der Waals surface area contributed by atoms with Crippen LogP contribution in [0.4, 0.5) is 0 Å². The lowest BCUT2D eigenvalue weighted by Gasteiger charge is -2.32. The van der Waals surface area contributed by atoms with E-state index in [0.717, 1.165) is 49.0 Å². The summed E-state index contributed by atoms with van der Waals surface area (Å²) in [6.45, 7) is 10.3. The van der Waals surface area contributed by atoms with Crippen LogP contribution in [-0.2, 0) is 11.2 Å². The molecule has 1 fully saturated rings. The highest BCUT2D eigenvalue weighted by molar-refractivity contribution is 6.31. The van der Waals surface area contributed by atoms with Gasteiger partial charge in [-0.3, -0.25) is 0 Å². The molecule has 0 aliphatic carbocycles. The van der Waals surface area contributed by atoms with Crippen molar-refractivity contribution in [1.82, 2.24) is 0 Å². The van der Waals surface area contributed by atoms with Crippen molar-refractivity contribution in [3.63, 3.8) is 0 Å². The lowest BCUT2D eigenvalue weighted by Crippen LogP contribution is -3.16. The third-order valence-electron chi connectivity index (χ3n) is 3.74. The maximum absolute atomic E-state index is 6.11. The van der Waals surface area contributed by atoms with Gasteiger partial charge in [0.05, 0.1) is 0 Å². The SMILES string of the molecule is CCc1cc(OCC[NH+]2C[C@@H](C)O[C@H](C)C2)ccc1Cl. The molecule has 112 valence electrons. The minimum absolute atomic E-state index is 0.343. The van der Waals surface area contributed by atoms with E-state index >= 15 is 0 Å². The van der Waals surface area contributed by atoms with E-state index in [0.29, 0.717) is 12.2 Å². The summed E-state index contributed by atoms with van der Waals surface area (Å²) in [5.41, 5.74) is 1.14. The molecule has 1 aromatic rings. The molecule has 0 spiro atoms. The second-order valence-corrected chi connectivity index (χ2v) is 6.03. The van der Waals surface area contributed by atoms with Crippen molar-refractivity contribution < 1.29 is 14.4 Å². The molecule has 1 aromatic carbocycles. The Kier molecular flexibility index (Phi) is 5.70. The standard InChI is InChI=1S/C16H24ClNO2/c1-4-14-9-15(5-6-16(14)17)19-8-7-18-10-12(2)20-13(3)11-18/h5-6,9,12-13H,4,7-8,10-11H2,1-3H3/p+1/t12-,13-/m1/s1. The highest BCUT2D eigenvalue weighted by atomic mass is 35.5. The van der Waals surface area contributed by atoms with E-state index in [-0.39, 0.29) is 0 Å². The predicted octanol–water partition coefficient (Wildman–Crippen LogP) is 1.97. The number of hydrogen-bond donors (Lipinski definition) is 1. The first-order valence-electron chi connectivity index (χ1n) is 7.48. The van der Waals surface area contributed by atoms with Crippen molar-refractivity contribution in [2.75, 3.05) is 26.2 Å². The first-order valence-corrected chi connectivity index (χ1v) is 7.86. The van der Waals surface area contributed by atoms with Crippen molar-refractivity contribution in [3.05, 3.63) is 28.8 Å². The molecule has 1 N–H and O–H groups in total. The average Bonchev–Trinajstić information content (AvgIpc) is 2.39. The summed E-state index contributed by atoms with van der Waals surface area (Å²) in [7, 11) is 0. The number of ether oxygens (including phenoxy) is 2. The molecule has 0 unspecified atom stereocenters. The summed E-state index contributed by atoms with van der Waals surface area (Å²) >= 11 is 6.11. The Bertz CT molecular complexity index is 428. The number of morpholine rings is 1. The fourth-order valence-electron chi connectivity index (χ4n) is 2.82. The molecule has 0 bridgehead atoms. The molecule has 1 saturated heterocycles. The highest BCUT2D eigenvalue weighted by Crippen LogP contribution is 2.22. The van der Waals surface area contributed by atoms with Crippen LogP contribution in [0, 0.1) is 0 Å².